The van der Waals surface area contributed by atoms with Crippen LogP contribution in [-0.4, -0.2) is 23.3 Å². The van der Waals surface area contributed by atoms with E-state index in [1.165, 1.54) is 12.8 Å². The van der Waals surface area contributed by atoms with Gasteiger partial charge in [0.2, 0.25) is 10.0 Å². The molecule has 0 atom stereocenters. The van der Waals surface area contributed by atoms with E-state index in [1.54, 1.807) is 24.3 Å². The molecule has 146 valence electrons. The van der Waals surface area contributed by atoms with Gasteiger partial charge in [-0.25, -0.2) is 8.42 Å². The highest BCUT2D eigenvalue weighted by atomic mass is 32.2. The number of hydrogen-bond donors (Lipinski definition) is 3. The summed E-state index contributed by atoms with van der Waals surface area (Å²) in [7, 11) is -3.27. The highest BCUT2D eigenvalue weighted by molar-refractivity contribution is 7.93. The molecule has 3 aromatic rings. The lowest BCUT2D eigenvalue weighted by Gasteiger charge is -2.12. The van der Waals surface area contributed by atoms with Gasteiger partial charge in [0.25, 0.3) is 0 Å². The van der Waals surface area contributed by atoms with Crippen molar-refractivity contribution in [3.05, 3.63) is 42.5 Å². The van der Waals surface area contributed by atoms with Gasteiger partial charge in [-0.1, -0.05) is 12.1 Å². The quantitative estimate of drug-likeness (QED) is 0.587. The smallest absolute Gasteiger partial charge is 0.235 e. The molecule has 0 spiro atoms. The molecule has 1 aromatic heterocycles. The second-order valence-electron chi connectivity index (χ2n) is 7.94. The number of nitrogens with two attached hydrogens (primary N) is 1. The summed E-state index contributed by atoms with van der Waals surface area (Å²) in [6, 6.07) is 12.6. The van der Waals surface area contributed by atoms with Crippen molar-refractivity contribution < 1.29 is 13.5 Å². The maximum absolute atomic E-state index is 12.1. The highest BCUT2D eigenvalue weighted by Gasteiger charge is 2.35. The van der Waals surface area contributed by atoms with Crippen LogP contribution in [0, 0.1) is 5.92 Å². The van der Waals surface area contributed by atoms with Crippen molar-refractivity contribution in [2.45, 2.75) is 37.5 Å². The summed E-state index contributed by atoms with van der Waals surface area (Å²) in [5.41, 5.74) is 10.5. The van der Waals surface area contributed by atoms with E-state index < -0.39 is 10.0 Å². The average molecular weight is 398 g/mol. The Morgan fingerprint density at radius 1 is 1.07 bits per heavy atom. The Bertz CT molecular complexity index is 1160. The Kier molecular flexibility index (Phi) is 3.84. The van der Waals surface area contributed by atoms with Crippen molar-refractivity contribution in [1.82, 2.24) is 4.57 Å². The molecule has 28 heavy (non-hydrogen) atoms. The van der Waals surface area contributed by atoms with Gasteiger partial charge in [-0.3, -0.25) is 4.72 Å². The number of nitrogens with one attached hydrogen (secondary N) is 1. The lowest BCUT2D eigenvalue weighted by molar-refractivity contribution is 0.475. The molecule has 6 nitrogen and oxygen atoms in total. The average Bonchev–Trinajstić information content (AvgIpc) is 3.55. The molecule has 1 heterocycles. The van der Waals surface area contributed by atoms with Gasteiger partial charge in [-0.15, -0.1) is 0 Å². The number of hydrogen-bond acceptors (Lipinski definition) is 4. The minimum absolute atomic E-state index is 0.221. The summed E-state index contributed by atoms with van der Waals surface area (Å²) < 4.78 is 29.1. The Balaban J connectivity index is 1.55. The molecular formula is C21H23N3O3S. The minimum Gasteiger partial charge on any atom is -0.508 e. The molecule has 0 bridgehead atoms. The molecular weight excluding hydrogens is 374 g/mol. The van der Waals surface area contributed by atoms with E-state index in [-0.39, 0.29) is 11.0 Å². The first kappa shape index (κ1) is 17.4. The van der Waals surface area contributed by atoms with Crippen molar-refractivity contribution in [3.63, 3.8) is 0 Å². The molecule has 0 amide bonds. The van der Waals surface area contributed by atoms with Gasteiger partial charge >= 0.3 is 0 Å². The minimum atomic E-state index is -3.27. The first-order chi connectivity index (χ1) is 13.4. The van der Waals surface area contributed by atoms with Crippen LogP contribution >= 0.6 is 0 Å². The first-order valence-corrected chi connectivity index (χ1v) is 11.2. The van der Waals surface area contributed by atoms with E-state index in [9.17, 15) is 13.5 Å². The van der Waals surface area contributed by atoms with E-state index in [1.807, 2.05) is 18.2 Å². The zero-order chi connectivity index (χ0) is 19.5. The van der Waals surface area contributed by atoms with E-state index in [2.05, 4.69) is 9.29 Å². The Hall–Kier alpha value is -2.67. The number of benzene rings is 2. The molecule has 2 aliphatic carbocycles. The number of nitrogens with zero attached hydrogens (tertiary/aromatic N) is 1. The molecule has 5 rings (SSSR count). The van der Waals surface area contributed by atoms with E-state index in [0.717, 1.165) is 41.5 Å². The number of fused-ring (bicyclic) bond motifs is 1. The van der Waals surface area contributed by atoms with Gasteiger partial charge in [0, 0.05) is 29.2 Å². The van der Waals surface area contributed by atoms with Gasteiger partial charge in [-0.05, 0) is 55.9 Å². The molecule has 0 unspecified atom stereocenters. The second kappa shape index (κ2) is 6.17. The second-order valence-corrected chi connectivity index (χ2v) is 9.90. The van der Waals surface area contributed by atoms with Crippen LogP contribution in [0.25, 0.3) is 22.2 Å². The first-order valence-electron chi connectivity index (χ1n) is 9.65. The van der Waals surface area contributed by atoms with Crippen LogP contribution in [0.15, 0.2) is 42.5 Å². The number of nitrogen functional groups attached to an aromatic ring is 1. The van der Waals surface area contributed by atoms with Gasteiger partial charge in [0.05, 0.1) is 22.1 Å². The maximum atomic E-state index is 12.1. The van der Waals surface area contributed by atoms with E-state index in [0.29, 0.717) is 17.3 Å². The molecule has 2 saturated carbocycles. The third-order valence-corrected chi connectivity index (χ3v) is 7.48. The van der Waals surface area contributed by atoms with Crippen molar-refractivity contribution in [2.24, 2.45) is 5.92 Å². The third-order valence-electron chi connectivity index (χ3n) is 5.61. The van der Waals surface area contributed by atoms with Crippen molar-refractivity contribution in [3.8, 4) is 17.0 Å². The van der Waals surface area contributed by atoms with Crippen LogP contribution in [0.5, 0.6) is 5.75 Å². The fraction of sp³-hybridized carbons (Fsp3) is 0.333. The number of aromatic hydroxyl groups is 1. The predicted octanol–water partition coefficient (Wildman–Crippen LogP) is 3.91. The number of phenolic OH excluding ortho intramolecular Hbond substituents is 1. The van der Waals surface area contributed by atoms with Crippen LogP contribution in [0.2, 0.25) is 0 Å². The zero-order valence-corrected chi connectivity index (χ0v) is 16.2. The van der Waals surface area contributed by atoms with Crippen molar-refractivity contribution >= 4 is 32.3 Å². The summed E-state index contributed by atoms with van der Waals surface area (Å²) in [5, 5.41) is 10.6. The van der Waals surface area contributed by atoms with Crippen molar-refractivity contribution in [1.29, 1.82) is 0 Å². The summed E-state index contributed by atoms with van der Waals surface area (Å²) in [6.45, 7) is 0.864. The number of aromatic nitrogens is 1. The Morgan fingerprint density at radius 3 is 2.43 bits per heavy atom. The number of sulfonamides is 1. The zero-order valence-electron chi connectivity index (χ0n) is 15.4. The van der Waals surface area contributed by atoms with Crippen LogP contribution in [-0.2, 0) is 16.6 Å². The molecule has 0 saturated heterocycles. The highest BCUT2D eigenvalue weighted by Crippen LogP contribution is 2.41. The lowest BCUT2D eigenvalue weighted by atomic mass is 10.1. The molecule has 0 radical (unpaired) electrons. The largest absolute Gasteiger partial charge is 0.508 e. The standard InChI is InChI=1S/C21H23N3O3S/c22-20-18-10-7-16(25)11-19(18)24(12-13-1-2-13)21(20)14-3-5-15(6-4-14)23-28(26,27)17-8-9-17/h3-7,10-11,13,17,23,25H,1-2,8-9,12,22H2. The SMILES string of the molecule is Nc1c(-c2ccc(NS(=O)(=O)C3CC3)cc2)n(CC2CC2)c2cc(O)ccc12. The monoisotopic (exact) mass is 397 g/mol. The van der Waals surface area contributed by atoms with Crippen molar-refractivity contribution in [2.75, 3.05) is 10.5 Å². The van der Waals surface area contributed by atoms with Gasteiger partial charge < -0.3 is 15.4 Å². The molecule has 2 fully saturated rings. The number of rotatable bonds is 6. The van der Waals surface area contributed by atoms with Gasteiger partial charge in [0.1, 0.15) is 5.75 Å². The van der Waals surface area contributed by atoms with Gasteiger partial charge in [-0.2, -0.15) is 0 Å². The van der Waals surface area contributed by atoms with Crippen LogP contribution in [0.1, 0.15) is 25.7 Å². The van der Waals surface area contributed by atoms with E-state index in [4.69, 9.17) is 5.73 Å². The normalized spacial score (nSPS) is 17.1. The predicted molar refractivity (Wildman–Crippen MR) is 112 cm³/mol. The maximum Gasteiger partial charge on any atom is 0.235 e. The molecule has 4 N–H and O–H groups in total. The van der Waals surface area contributed by atoms with E-state index >= 15 is 0 Å². The van der Waals surface area contributed by atoms with Gasteiger partial charge in [0.15, 0.2) is 0 Å². The number of anilines is 2. The van der Waals surface area contributed by atoms with Crippen LogP contribution in [0.4, 0.5) is 11.4 Å². The Labute approximate surface area is 164 Å². The lowest BCUT2D eigenvalue weighted by Crippen LogP contribution is -2.17. The van der Waals surface area contributed by atoms with Crippen LogP contribution < -0.4 is 10.5 Å². The fourth-order valence-electron chi connectivity index (χ4n) is 3.75. The molecule has 7 heteroatoms. The topological polar surface area (TPSA) is 97.4 Å². The third kappa shape index (κ3) is 3.09. The molecule has 2 aromatic carbocycles. The fourth-order valence-corrected chi connectivity index (χ4v) is 5.13. The number of phenols is 1. The summed E-state index contributed by atoms with van der Waals surface area (Å²) in [6.07, 6.45) is 3.88. The summed E-state index contributed by atoms with van der Waals surface area (Å²) >= 11 is 0. The summed E-state index contributed by atoms with van der Waals surface area (Å²) in [4.78, 5) is 0. The molecule has 2 aliphatic rings. The van der Waals surface area contributed by atoms with Crippen LogP contribution in [0.3, 0.4) is 0 Å². The Morgan fingerprint density at radius 2 is 1.79 bits per heavy atom. The summed E-state index contributed by atoms with van der Waals surface area (Å²) in [5.74, 6) is 0.860. The molecule has 0 aliphatic heterocycles.